The van der Waals surface area contributed by atoms with Crippen molar-refractivity contribution in [2.75, 3.05) is 53.0 Å². The minimum Gasteiger partial charge on any atom is -0.497 e. The molecular weight excluding hydrogens is 502 g/mol. The zero-order valence-corrected chi connectivity index (χ0v) is 22.6. The van der Waals surface area contributed by atoms with Crippen LogP contribution in [0.15, 0.2) is 65.2 Å². The maximum Gasteiger partial charge on any atom is 0.262 e. The van der Waals surface area contributed by atoms with Crippen molar-refractivity contribution in [2.45, 2.75) is 12.5 Å². The van der Waals surface area contributed by atoms with E-state index in [2.05, 4.69) is 4.90 Å². The van der Waals surface area contributed by atoms with Gasteiger partial charge in [-0.25, -0.2) is 5.01 Å². The van der Waals surface area contributed by atoms with Crippen LogP contribution in [0, 0.1) is 0 Å². The number of amides is 2. The molecule has 5 rings (SSSR count). The van der Waals surface area contributed by atoms with Crippen molar-refractivity contribution in [3.63, 3.8) is 0 Å². The lowest BCUT2D eigenvalue weighted by Crippen LogP contribution is -2.46. The third-order valence-corrected chi connectivity index (χ3v) is 7.96. The lowest BCUT2D eigenvalue weighted by atomic mass is 10.1. The summed E-state index contributed by atoms with van der Waals surface area (Å²) in [4.78, 5) is 32.4. The van der Waals surface area contributed by atoms with Crippen LogP contribution in [-0.4, -0.2) is 89.9 Å². The number of carbonyl (C=O) groups is 2. The number of nitrogens with zero attached hydrogens (tertiary/aromatic N) is 5. The van der Waals surface area contributed by atoms with Gasteiger partial charge >= 0.3 is 0 Å². The van der Waals surface area contributed by atoms with Gasteiger partial charge in [0.05, 0.1) is 30.9 Å². The molecule has 4 heterocycles. The molecule has 1 aromatic carbocycles. The Hall–Kier alpha value is -3.47. The molecule has 200 valence electrons. The first-order valence-corrected chi connectivity index (χ1v) is 13.7. The van der Waals surface area contributed by atoms with Crippen molar-refractivity contribution >= 4 is 28.9 Å². The first-order chi connectivity index (χ1) is 18.5. The zero-order valence-electron chi connectivity index (χ0n) is 21.8. The first-order valence-electron chi connectivity index (χ1n) is 12.8. The standard InChI is InChI=1S/C28H33N5O4S/c1-30-11-3-5-24(30)25-19-23(26-6-4-18-38-26)29-33(25)27(34)20-32(13-12-31-14-16-37-17-15-31)28(35)21-7-9-22(36-2)10-8-21/h3-11,18,25H,12-17,19-20H2,1-2H3. The van der Waals surface area contributed by atoms with Gasteiger partial charge in [-0.2, -0.15) is 5.10 Å². The quantitative estimate of drug-likeness (QED) is 0.420. The number of hydrazone groups is 1. The summed E-state index contributed by atoms with van der Waals surface area (Å²) in [6.45, 7) is 4.03. The maximum absolute atomic E-state index is 13.8. The van der Waals surface area contributed by atoms with Crippen LogP contribution in [0.1, 0.15) is 33.4 Å². The second-order valence-corrected chi connectivity index (χ2v) is 10.4. The summed E-state index contributed by atoms with van der Waals surface area (Å²) >= 11 is 1.61. The van der Waals surface area contributed by atoms with Crippen LogP contribution in [0.5, 0.6) is 5.75 Å². The van der Waals surface area contributed by atoms with E-state index in [4.69, 9.17) is 14.6 Å². The fourth-order valence-electron chi connectivity index (χ4n) is 4.87. The van der Waals surface area contributed by atoms with Gasteiger partial charge in [0.15, 0.2) is 0 Å². The molecule has 1 saturated heterocycles. The van der Waals surface area contributed by atoms with E-state index in [1.807, 2.05) is 47.5 Å². The second kappa shape index (κ2) is 11.9. The van der Waals surface area contributed by atoms with Crippen molar-refractivity contribution in [2.24, 2.45) is 12.1 Å². The van der Waals surface area contributed by atoms with E-state index < -0.39 is 0 Å². The van der Waals surface area contributed by atoms with Gasteiger partial charge in [0, 0.05) is 57.1 Å². The maximum atomic E-state index is 13.8. The molecule has 0 spiro atoms. The van der Waals surface area contributed by atoms with Gasteiger partial charge in [-0.1, -0.05) is 6.07 Å². The highest BCUT2D eigenvalue weighted by atomic mass is 32.1. The summed E-state index contributed by atoms with van der Waals surface area (Å²) in [5.74, 6) is 0.286. The molecule has 38 heavy (non-hydrogen) atoms. The fraction of sp³-hybridized carbons (Fsp3) is 0.393. The highest BCUT2D eigenvalue weighted by molar-refractivity contribution is 7.12. The lowest BCUT2D eigenvalue weighted by molar-refractivity contribution is -0.133. The largest absolute Gasteiger partial charge is 0.497 e. The molecule has 2 aliphatic heterocycles. The molecule has 1 unspecified atom stereocenters. The van der Waals surface area contributed by atoms with E-state index in [-0.39, 0.29) is 24.4 Å². The van der Waals surface area contributed by atoms with E-state index >= 15 is 0 Å². The van der Waals surface area contributed by atoms with E-state index in [9.17, 15) is 9.59 Å². The number of hydrogen-bond donors (Lipinski definition) is 0. The number of carbonyl (C=O) groups excluding carboxylic acids is 2. The van der Waals surface area contributed by atoms with Crippen LogP contribution in [0.2, 0.25) is 0 Å². The van der Waals surface area contributed by atoms with Gasteiger partial charge in [0.25, 0.3) is 11.8 Å². The van der Waals surface area contributed by atoms with Crippen LogP contribution in [0.25, 0.3) is 0 Å². The normalized spacial score (nSPS) is 17.9. The van der Waals surface area contributed by atoms with Crippen LogP contribution in [0.4, 0.5) is 0 Å². The monoisotopic (exact) mass is 535 g/mol. The Bertz CT molecular complexity index is 1260. The number of aryl methyl sites for hydroxylation is 1. The number of ether oxygens (including phenoxy) is 2. The smallest absolute Gasteiger partial charge is 0.262 e. The average molecular weight is 536 g/mol. The second-order valence-electron chi connectivity index (χ2n) is 9.44. The van der Waals surface area contributed by atoms with Crippen LogP contribution >= 0.6 is 11.3 Å². The zero-order chi connectivity index (χ0) is 26.5. The molecule has 0 bridgehead atoms. The molecule has 2 amide bonds. The third kappa shape index (κ3) is 5.82. The highest BCUT2D eigenvalue weighted by Crippen LogP contribution is 2.34. The molecule has 0 radical (unpaired) electrons. The van der Waals surface area contributed by atoms with Gasteiger partial charge in [0.1, 0.15) is 18.3 Å². The van der Waals surface area contributed by atoms with Crippen molar-refractivity contribution in [1.82, 2.24) is 19.4 Å². The number of thiophene rings is 1. The van der Waals surface area contributed by atoms with Gasteiger partial charge in [-0.05, 0) is 47.8 Å². The third-order valence-electron chi connectivity index (χ3n) is 7.04. The van der Waals surface area contributed by atoms with Crippen molar-refractivity contribution in [3.05, 3.63) is 76.2 Å². The van der Waals surface area contributed by atoms with Gasteiger partial charge in [0.2, 0.25) is 0 Å². The summed E-state index contributed by atoms with van der Waals surface area (Å²) in [5.41, 5.74) is 2.42. The average Bonchev–Trinajstić information content (AvgIpc) is 3.72. The molecule has 1 fully saturated rings. The summed E-state index contributed by atoms with van der Waals surface area (Å²) < 4.78 is 12.7. The molecule has 3 aromatic rings. The SMILES string of the molecule is COc1ccc(C(=O)N(CCN2CCOCC2)CC(=O)N2N=C(c3cccs3)CC2c2cccn2C)cc1. The molecule has 0 aliphatic carbocycles. The summed E-state index contributed by atoms with van der Waals surface area (Å²) in [6, 6.07) is 14.8. The first kappa shape index (κ1) is 26.1. The highest BCUT2D eigenvalue weighted by Gasteiger charge is 2.36. The van der Waals surface area contributed by atoms with Gasteiger partial charge in [-0.15, -0.1) is 11.3 Å². The fourth-order valence-corrected chi connectivity index (χ4v) is 5.60. The number of benzene rings is 1. The van der Waals surface area contributed by atoms with E-state index in [1.54, 1.807) is 52.6 Å². The molecule has 1 atom stereocenters. The van der Waals surface area contributed by atoms with Crippen molar-refractivity contribution in [3.8, 4) is 5.75 Å². The summed E-state index contributed by atoms with van der Waals surface area (Å²) in [6.07, 6.45) is 2.60. The predicted molar refractivity (Wildman–Crippen MR) is 147 cm³/mol. The molecule has 2 aromatic heterocycles. The molecule has 2 aliphatic rings. The van der Waals surface area contributed by atoms with Crippen LogP contribution in [-0.2, 0) is 16.6 Å². The van der Waals surface area contributed by atoms with Gasteiger partial charge < -0.3 is 18.9 Å². The predicted octanol–water partition coefficient (Wildman–Crippen LogP) is 3.25. The molecule has 10 heteroatoms. The van der Waals surface area contributed by atoms with Crippen LogP contribution in [0.3, 0.4) is 0 Å². The minimum atomic E-state index is -0.225. The Morgan fingerprint density at radius 3 is 2.58 bits per heavy atom. The lowest BCUT2D eigenvalue weighted by Gasteiger charge is -2.31. The molecular formula is C28H33N5O4S. The van der Waals surface area contributed by atoms with Crippen molar-refractivity contribution in [1.29, 1.82) is 0 Å². The Balaban J connectivity index is 1.38. The van der Waals surface area contributed by atoms with E-state index in [1.165, 1.54) is 0 Å². The minimum absolute atomic E-state index is 0.0582. The summed E-state index contributed by atoms with van der Waals surface area (Å²) in [7, 11) is 3.57. The van der Waals surface area contributed by atoms with E-state index in [0.717, 1.165) is 29.4 Å². The Morgan fingerprint density at radius 2 is 1.92 bits per heavy atom. The molecule has 9 nitrogen and oxygen atoms in total. The van der Waals surface area contributed by atoms with Gasteiger partial charge in [-0.3, -0.25) is 14.5 Å². The molecule has 0 N–H and O–H groups in total. The summed E-state index contributed by atoms with van der Waals surface area (Å²) in [5, 5.41) is 8.37. The Morgan fingerprint density at radius 1 is 1.13 bits per heavy atom. The molecule has 0 saturated carbocycles. The topological polar surface area (TPSA) is 79.6 Å². The number of rotatable bonds is 9. The number of aromatic nitrogens is 1. The number of morpholine rings is 1. The Kier molecular flexibility index (Phi) is 8.21. The van der Waals surface area contributed by atoms with Crippen molar-refractivity contribution < 1.29 is 19.1 Å². The van der Waals surface area contributed by atoms with E-state index in [0.29, 0.717) is 44.0 Å². The Labute approximate surface area is 226 Å². The number of hydrogen-bond acceptors (Lipinski definition) is 7. The van der Waals surface area contributed by atoms with Crippen LogP contribution < -0.4 is 4.74 Å². The number of methoxy groups -OCH3 is 1.